The Morgan fingerprint density at radius 2 is 2.11 bits per heavy atom. The number of fused-ring (bicyclic) bond motifs is 1. The molecular formula is C22H22ClF2N4O5PS. The van der Waals surface area contributed by atoms with Crippen LogP contribution in [0.1, 0.15) is 11.3 Å². The highest BCUT2D eigenvalue weighted by Crippen LogP contribution is 2.28. The number of benzene rings is 1. The van der Waals surface area contributed by atoms with Crippen LogP contribution in [0.4, 0.5) is 8.78 Å². The van der Waals surface area contributed by atoms with E-state index in [1.165, 1.54) is 30.0 Å². The maximum atomic E-state index is 15.4. The maximum Gasteiger partial charge on any atom is 0.283 e. The number of carbonyl (C=O) groups excluding carboxylic acids is 1. The van der Waals surface area contributed by atoms with Gasteiger partial charge in [-0.2, -0.15) is 13.5 Å². The van der Waals surface area contributed by atoms with Crippen molar-refractivity contribution in [3.63, 3.8) is 0 Å². The van der Waals surface area contributed by atoms with Crippen LogP contribution in [0.3, 0.4) is 0 Å². The molecule has 0 spiro atoms. The lowest BCUT2D eigenvalue weighted by Crippen LogP contribution is -2.34. The summed E-state index contributed by atoms with van der Waals surface area (Å²) in [6, 6.07) is 5.04. The van der Waals surface area contributed by atoms with Gasteiger partial charge in [-0.15, -0.1) is 0 Å². The van der Waals surface area contributed by atoms with Crippen molar-refractivity contribution in [1.29, 1.82) is 0 Å². The van der Waals surface area contributed by atoms with Gasteiger partial charge in [-0.05, 0) is 31.3 Å². The van der Waals surface area contributed by atoms with Gasteiger partial charge in [0.15, 0.2) is 5.82 Å². The van der Waals surface area contributed by atoms with Crippen LogP contribution in [0.15, 0.2) is 29.3 Å². The Bertz CT molecular complexity index is 1450. The predicted octanol–water partition coefficient (Wildman–Crippen LogP) is 2.57. The number of ether oxygens (including phenoxy) is 2. The van der Waals surface area contributed by atoms with Crippen molar-refractivity contribution in [2.45, 2.75) is 31.0 Å². The van der Waals surface area contributed by atoms with Crippen molar-refractivity contribution in [2.24, 2.45) is 0 Å². The van der Waals surface area contributed by atoms with Gasteiger partial charge in [0, 0.05) is 29.7 Å². The number of halogens is 3. The molecule has 2 aromatic heterocycles. The van der Waals surface area contributed by atoms with Crippen molar-refractivity contribution in [2.75, 3.05) is 20.4 Å². The molecule has 2 atom stereocenters. The highest BCUT2D eigenvalue weighted by molar-refractivity contribution is 7.90. The van der Waals surface area contributed by atoms with E-state index >= 15 is 4.39 Å². The Balaban J connectivity index is 1.58. The van der Waals surface area contributed by atoms with E-state index in [0.717, 1.165) is 6.07 Å². The molecule has 1 aliphatic heterocycles. The lowest BCUT2D eigenvalue weighted by molar-refractivity contribution is -0.118. The first-order chi connectivity index (χ1) is 17.0. The molecule has 0 aliphatic carbocycles. The van der Waals surface area contributed by atoms with Gasteiger partial charge in [-0.3, -0.25) is 4.79 Å². The smallest absolute Gasteiger partial charge is 0.283 e. The molecule has 1 amide bonds. The van der Waals surface area contributed by atoms with Gasteiger partial charge in [-0.1, -0.05) is 26.2 Å². The van der Waals surface area contributed by atoms with Crippen LogP contribution in [0.25, 0.3) is 11.3 Å². The molecule has 1 aromatic carbocycles. The molecule has 192 valence electrons. The summed E-state index contributed by atoms with van der Waals surface area (Å²) in [5.74, 6) is -2.07. The van der Waals surface area contributed by atoms with Gasteiger partial charge < -0.3 is 9.47 Å². The van der Waals surface area contributed by atoms with Gasteiger partial charge in [0.25, 0.3) is 10.0 Å². The highest BCUT2D eigenvalue weighted by atomic mass is 35.5. The first-order valence-corrected chi connectivity index (χ1v) is 14.0. The van der Waals surface area contributed by atoms with Crippen molar-refractivity contribution in [3.8, 4) is 17.1 Å². The van der Waals surface area contributed by atoms with Gasteiger partial charge in [0.2, 0.25) is 16.8 Å². The normalized spacial score (nSPS) is 15.7. The molecule has 0 fully saturated rings. The number of methoxy groups -OCH3 is 1. The van der Waals surface area contributed by atoms with Gasteiger partial charge in [0.05, 0.1) is 18.0 Å². The fraction of sp³-hybridized carbons (Fsp3) is 0.318. The summed E-state index contributed by atoms with van der Waals surface area (Å²) in [4.78, 5) is 17.0. The van der Waals surface area contributed by atoms with E-state index in [9.17, 15) is 17.6 Å². The molecular weight excluding hydrogens is 537 g/mol. The quantitative estimate of drug-likeness (QED) is 0.444. The van der Waals surface area contributed by atoms with E-state index < -0.39 is 34.0 Å². The summed E-state index contributed by atoms with van der Waals surface area (Å²) >= 11 is 5.72. The minimum Gasteiger partial charge on any atom is -0.475 e. The van der Waals surface area contributed by atoms with Gasteiger partial charge >= 0.3 is 0 Å². The van der Waals surface area contributed by atoms with Crippen LogP contribution in [0.2, 0.25) is 5.02 Å². The third-order valence-electron chi connectivity index (χ3n) is 5.60. The zero-order valence-electron chi connectivity index (χ0n) is 19.4. The van der Waals surface area contributed by atoms with E-state index in [1.54, 1.807) is 13.6 Å². The number of amides is 1. The van der Waals surface area contributed by atoms with Crippen LogP contribution in [0, 0.1) is 18.6 Å². The first-order valence-electron chi connectivity index (χ1n) is 10.6. The van der Waals surface area contributed by atoms with Crippen molar-refractivity contribution in [1.82, 2.24) is 19.5 Å². The molecule has 1 aliphatic rings. The van der Waals surface area contributed by atoms with Crippen molar-refractivity contribution < 1.29 is 31.5 Å². The first kappa shape index (κ1) is 26.4. The Morgan fingerprint density at radius 3 is 2.78 bits per heavy atom. The third-order valence-corrected chi connectivity index (χ3v) is 8.17. The second-order valence-corrected chi connectivity index (χ2v) is 11.0. The summed E-state index contributed by atoms with van der Waals surface area (Å²) in [7, 11) is -2.90. The molecule has 2 unspecified atom stereocenters. The molecule has 1 N–H and O–H groups in total. The number of rotatable bonds is 7. The zero-order chi connectivity index (χ0) is 26.2. The van der Waals surface area contributed by atoms with E-state index in [4.69, 9.17) is 21.1 Å². The number of hydrogen-bond donors (Lipinski definition) is 1. The summed E-state index contributed by atoms with van der Waals surface area (Å²) < 4.78 is 68.8. The lowest BCUT2D eigenvalue weighted by atomic mass is 10.1. The molecule has 0 saturated carbocycles. The molecule has 0 radical (unpaired) electrons. The number of nitrogens with zero attached hydrogens (tertiary/aromatic N) is 3. The second-order valence-electron chi connectivity index (χ2n) is 7.97. The number of hydrogen-bond acceptors (Lipinski definition) is 7. The molecule has 4 rings (SSSR count). The van der Waals surface area contributed by atoms with E-state index in [1.807, 2.05) is 4.72 Å². The topological polar surface area (TPSA) is 112 Å². The minimum atomic E-state index is -4.32. The average molecular weight is 559 g/mol. The molecule has 14 heteroatoms. The second kappa shape index (κ2) is 10.4. The lowest BCUT2D eigenvalue weighted by Gasteiger charge is -2.22. The number of pyridine rings is 1. The maximum absolute atomic E-state index is 15.4. The summed E-state index contributed by atoms with van der Waals surface area (Å²) in [6.45, 7) is 3.82. The molecule has 9 nitrogen and oxygen atoms in total. The SMILES string of the molecule is COC1COc2cc(S(=O)(=O)NC(=O)Cc3c(C)nc(-c4ccc(Cl)c(F)c4)c(F)c3PC)nn2C1. The largest absolute Gasteiger partial charge is 0.475 e. The highest BCUT2D eigenvalue weighted by Gasteiger charge is 2.28. The number of sulfonamides is 1. The molecule has 36 heavy (non-hydrogen) atoms. The summed E-state index contributed by atoms with van der Waals surface area (Å²) in [6.07, 6.45) is -0.718. The van der Waals surface area contributed by atoms with Crippen LogP contribution >= 0.6 is 20.2 Å². The van der Waals surface area contributed by atoms with Gasteiger partial charge in [0.1, 0.15) is 24.2 Å². The number of carbonyl (C=O) groups is 1. The molecule has 3 heterocycles. The van der Waals surface area contributed by atoms with Crippen molar-refractivity contribution >= 4 is 41.4 Å². The third kappa shape index (κ3) is 5.22. The molecule has 0 saturated heterocycles. The summed E-state index contributed by atoms with van der Waals surface area (Å²) in [5.41, 5.74) is 0.684. The Hall–Kier alpha value is -2.66. The Morgan fingerprint density at radius 1 is 1.36 bits per heavy atom. The standard InChI is InChI=1S/C22H22ClF2N4O5PS/c1-11-14(22(35-3)20(25)21(26-11)12-4-5-15(23)16(24)6-12)7-17(30)28-36(31,32)18-8-19-29(27-18)9-13(33-2)10-34-19/h4-6,8,13,35H,7,9-10H2,1-3H3,(H,28,30). The fourth-order valence-corrected chi connectivity index (χ4v) is 5.71. The van der Waals surface area contributed by atoms with Crippen LogP contribution < -0.4 is 14.8 Å². The van der Waals surface area contributed by atoms with Crippen LogP contribution in [-0.4, -0.2) is 55.6 Å². The van der Waals surface area contributed by atoms with E-state index in [-0.39, 0.29) is 59.3 Å². The minimum absolute atomic E-state index is 0.0813. The monoisotopic (exact) mass is 558 g/mol. The van der Waals surface area contributed by atoms with E-state index in [0.29, 0.717) is 12.2 Å². The number of aryl methyl sites for hydroxylation is 1. The van der Waals surface area contributed by atoms with Gasteiger partial charge in [-0.25, -0.2) is 23.2 Å². The Kier molecular flexibility index (Phi) is 7.61. The van der Waals surface area contributed by atoms with Crippen molar-refractivity contribution in [3.05, 3.63) is 52.2 Å². The average Bonchev–Trinajstić information content (AvgIpc) is 3.27. The van der Waals surface area contributed by atoms with Crippen LogP contribution in [-0.2, 0) is 32.5 Å². The molecule has 3 aromatic rings. The predicted molar refractivity (Wildman–Crippen MR) is 131 cm³/mol. The number of nitrogens with one attached hydrogen (secondary N) is 1. The van der Waals surface area contributed by atoms with E-state index in [2.05, 4.69) is 10.1 Å². The Labute approximate surface area is 213 Å². The summed E-state index contributed by atoms with van der Waals surface area (Å²) in [5, 5.41) is 3.72. The fourth-order valence-electron chi connectivity index (χ4n) is 3.75. The zero-order valence-corrected chi connectivity index (χ0v) is 22.0. The van der Waals surface area contributed by atoms with Crippen LogP contribution in [0.5, 0.6) is 5.88 Å². The number of aromatic nitrogens is 3. The molecule has 0 bridgehead atoms.